The average Bonchev–Trinajstić information content (AvgIpc) is 3.41. The number of alkyl halides is 3. The summed E-state index contributed by atoms with van der Waals surface area (Å²) in [6, 6.07) is 9.79. The summed E-state index contributed by atoms with van der Waals surface area (Å²) in [5.74, 6) is -1.39. The number of ether oxygens (including phenoxy) is 1. The Morgan fingerprint density at radius 3 is 2.51 bits per heavy atom. The minimum Gasteiger partial charge on any atom is -0.466 e. The highest BCUT2D eigenvalue weighted by molar-refractivity contribution is 5.98. The molecule has 1 aliphatic carbocycles. The fourth-order valence-electron chi connectivity index (χ4n) is 5.32. The Morgan fingerprint density at radius 2 is 1.79 bits per heavy atom. The number of nitrogens with one attached hydrogen (secondary N) is 1. The van der Waals surface area contributed by atoms with Crippen LogP contribution in [0.4, 0.5) is 23.2 Å². The number of hydrogen-bond donors (Lipinski definition) is 1. The molecule has 2 heterocycles. The van der Waals surface area contributed by atoms with E-state index >= 15 is 0 Å². The van der Waals surface area contributed by atoms with Gasteiger partial charge in [-0.05, 0) is 48.0 Å². The van der Waals surface area contributed by atoms with Gasteiger partial charge in [0.2, 0.25) is 0 Å². The molecule has 1 N–H and O–H groups in total. The summed E-state index contributed by atoms with van der Waals surface area (Å²) in [7, 11) is 3.29. The molecule has 0 bridgehead atoms. The molecule has 226 valence electrons. The Bertz CT molecular complexity index is 1560. The quantitative estimate of drug-likeness (QED) is 0.208. The topological polar surface area (TPSA) is 74.8 Å². The number of halogens is 4. The van der Waals surface area contributed by atoms with Crippen molar-refractivity contribution in [2.75, 3.05) is 45.7 Å². The van der Waals surface area contributed by atoms with E-state index in [-0.39, 0.29) is 36.2 Å². The largest absolute Gasteiger partial charge is 0.466 e. The van der Waals surface area contributed by atoms with Gasteiger partial charge in [0.05, 0.1) is 30.3 Å². The summed E-state index contributed by atoms with van der Waals surface area (Å²) in [6.45, 7) is 3.16. The molecule has 1 fully saturated rings. The summed E-state index contributed by atoms with van der Waals surface area (Å²) in [5, 5.41) is 3.10. The van der Waals surface area contributed by atoms with Gasteiger partial charge in [-0.2, -0.15) is 13.2 Å². The van der Waals surface area contributed by atoms with Crippen LogP contribution in [0.25, 0.3) is 6.08 Å². The van der Waals surface area contributed by atoms with Gasteiger partial charge in [0.1, 0.15) is 5.82 Å². The molecular weight excluding hydrogens is 564 g/mol. The third-order valence-corrected chi connectivity index (χ3v) is 7.82. The summed E-state index contributed by atoms with van der Waals surface area (Å²) in [4.78, 5) is 33.4. The lowest BCUT2D eigenvalue weighted by molar-refractivity contribution is -0.138. The van der Waals surface area contributed by atoms with Gasteiger partial charge >= 0.3 is 12.1 Å². The van der Waals surface area contributed by atoms with E-state index in [1.165, 1.54) is 37.4 Å². The van der Waals surface area contributed by atoms with E-state index in [2.05, 4.69) is 15.2 Å². The monoisotopic (exact) mass is 596 g/mol. The maximum atomic E-state index is 14.6. The number of ketones is 1. The molecule has 2 aliphatic rings. The molecule has 3 aromatic rings. The molecule has 2 aromatic carbocycles. The zero-order valence-corrected chi connectivity index (χ0v) is 23.9. The van der Waals surface area contributed by atoms with Crippen molar-refractivity contribution in [2.45, 2.75) is 32.1 Å². The standard InChI is InChI=1S/C32H32F4N4O3/c1-39-7-9-40(10-8-39)19-22-5-4-21(15-27(22)32(34,35)36)30(41)12-20-3-6-28(33)25(11-20)17-37-26-14-23-13-24(31(42)43-2)16-29(23)38-18-26/h3-6,11,13-15,18,37H,7-10,12,16-17,19H2,1-2H3. The minimum absolute atomic E-state index is 0.0398. The summed E-state index contributed by atoms with van der Waals surface area (Å²) < 4.78 is 61.4. The van der Waals surface area contributed by atoms with Crippen LogP contribution >= 0.6 is 0 Å². The zero-order chi connectivity index (χ0) is 30.7. The smallest absolute Gasteiger partial charge is 0.416 e. The molecule has 0 radical (unpaired) electrons. The second kappa shape index (κ2) is 12.6. The van der Waals surface area contributed by atoms with E-state index < -0.39 is 29.3 Å². The minimum atomic E-state index is -4.60. The van der Waals surface area contributed by atoms with Crippen molar-refractivity contribution in [2.24, 2.45) is 0 Å². The summed E-state index contributed by atoms with van der Waals surface area (Å²) in [5.41, 5.74) is 2.67. The molecule has 5 rings (SSSR count). The highest BCUT2D eigenvalue weighted by Gasteiger charge is 2.34. The number of piperazine rings is 1. The van der Waals surface area contributed by atoms with Gasteiger partial charge in [-0.1, -0.05) is 24.3 Å². The van der Waals surface area contributed by atoms with Gasteiger partial charge in [0, 0.05) is 68.8 Å². The van der Waals surface area contributed by atoms with Crippen LogP contribution in [0, 0.1) is 5.82 Å². The number of carbonyl (C=O) groups excluding carboxylic acids is 2. The van der Waals surface area contributed by atoms with Crippen LogP contribution in [0.3, 0.4) is 0 Å². The van der Waals surface area contributed by atoms with Crippen LogP contribution < -0.4 is 5.32 Å². The zero-order valence-electron chi connectivity index (χ0n) is 23.9. The molecule has 1 aliphatic heterocycles. The lowest BCUT2D eigenvalue weighted by atomic mass is 9.96. The number of aromatic nitrogens is 1. The van der Waals surface area contributed by atoms with Crippen molar-refractivity contribution in [3.05, 3.63) is 99.1 Å². The van der Waals surface area contributed by atoms with Crippen molar-refractivity contribution in [3.8, 4) is 0 Å². The van der Waals surface area contributed by atoms with E-state index in [4.69, 9.17) is 4.74 Å². The van der Waals surface area contributed by atoms with Crippen LogP contribution in [0.5, 0.6) is 0 Å². The lowest BCUT2D eigenvalue weighted by Gasteiger charge is -2.33. The number of Topliss-reactive ketones (excluding diaryl/α,β-unsaturated/α-hetero) is 1. The SMILES string of the molecule is COC(=O)C1=Cc2cc(NCc3cc(CC(=O)c4ccc(CN5CCN(C)CC5)c(C(F)(F)F)c4)ccc3F)cnc2C1. The average molecular weight is 597 g/mol. The number of anilines is 1. The van der Waals surface area contributed by atoms with Crippen molar-refractivity contribution in [1.82, 2.24) is 14.8 Å². The predicted octanol–water partition coefficient (Wildman–Crippen LogP) is 5.14. The Labute approximate surface area is 247 Å². The van der Waals surface area contributed by atoms with Gasteiger partial charge in [0.15, 0.2) is 5.78 Å². The number of fused-ring (bicyclic) bond motifs is 1. The second-order valence-electron chi connectivity index (χ2n) is 10.9. The number of hydrogen-bond acceptors (Lipinski definition) is 7. The maximum Gasteiger partial charge on any atom is 0.416 e. The van der Waals surface area contributed by atoms with E-state index in [0.29, 0.717) is 36.3 Å². The van der Waals surface area contributed by atoms with Gasteiger partial charge in [-0.25, -0.2) is 9.18 Å². The van der Waals surface area contributed by atoms with Crippen LogP contribution in [0.2, 0.25) is 0 Å². The first-order chi connectivity index (χ1) is 20.5. The number of rotatable bonds is 9. The van der Waals surface area contributed by atoms with E-state index in [1.54, 1.807) is 18.3 Å². The van der Waals surface area contributed by atoms with Crippen molar-refractivity contribution >= 4 is 23.5 Å². The van der Waals surface area contributed by atoms with E-state index in [9.17, 15) is 27.2 Å². The van der Waals surface area contributed by atoms with Crippen molar-refractivity contribution in [1.29, 1.82) is 0 Å². The molecule has 0 amide bonds. The van der Waals surface area contributed by atoms with Crippen LogP contribution in [-0.2, 0) is 41.6 Å². The number of benzene rings is 2. The Hall–Kier alpha value is -4.09. The van der Waals surface area contributed by atoms with Gasteiger partial charge in [0.25, 0.3) is 0 Å². The fourth-order valence-corrected chi connectivity index (χ4v) is 5.32. The van der Waals surface area contributed by atoms with Gasteiger partial charge in [-0.15, -0.1) is 0 Å². The highest BCUT2D eigenvalue weighted by Crippen LogP contribution is 2.34. The molecular formula is C32H32F4N4O3. The van der Waals surface area contributed by atoms with E-state index in [1.807, 2.05) is 11.9 Å². The van der Waals surface area contributed by atoms with Crippen LogP contribution in [-0.4, -0.2) is 66.9 Å². The summed E-state index contributed by atoms with van der Waals surface area (Å²) in [6.07, 6.45) is -1.12. The number of esters is 1. The number of nitrogens with zero attached hydrogens (tertiary/aromatic N) is 3. The third-order valence-electron chi connectivity index (χ3n) is 7.82. The molecule has 0 unspecified atom stereocenters. The van der Waals surface area contributed by atoms with Crippen molar-refractivity contribution < 1.29 is 31.9 Å². The Balaban J connectivity index is 1.26. The maximum absolute atomic E-state index is 14.6. The Morgan fingerprint density at radius 1 is 1.02 bits per heavy atom. The Kier molecular flexibility index (Phi) is 8.93. The summed E-state index contributed by atoms with van der Waals surface area (Å²) >= 11 is 0. The second-order valence-corrected chi connectivity index (χ2v) is 10.9. The van der Waals surface area contributed by atoms with E-state index in [0.717, 1.165) is 30.4 Å². The first-order valence-electron chi connectivity index (χ1n) is 13.9. The first-order valence-corrected chi connectivity index (χ1v) is 13.9. The van der Waals surface area contributed by atoms with Gasteiger partial charge < -0.3 is 15.0 Å². The van der Waals surface area contributed by atoms with Crippen LogP contribution in [0.15, 0.2) is 54.2 Å². The normalized spacial score (nSPS) is 15.6. The fraction of sp³-hybridized carbons (Fsp3) is 0.344. The number of carbonyl (C=O) groups is 2. The number of pyridine rings is 1. The van der Waals surface area contributed by atoms with Gasteiger partial charge in [-0.3, -0.25) is 14.7 Å². The van der Waals surface area contributed by atoms with Crippen molar-refractivity contribution in [3.63, 3.8) is 0 Å². The van der Waals surface area contributed by atoms with Crippen LogP contribution in [0.1, 0.15) is 43.9 Å². The number of methoxy groups -OCH3 is 1. The molecule has 1 saturated heterocycles. The molecule has 1 aromatic heterocycles. The number of likely N-dealkylation sites (N-methyl/N-ethyl adjacent to an activating group) is 1. The first kappa shape index (κ1) is 30.4. The lowest BCUT2D eigenvalue weighted by Crippen LogP contribution is -2.44. The molecule has 0 atom stereocenters. The molecule has 11 heteroatoms. The third kappa shape index (κ3) is 7.29. The predicted molar refractivity (Wildman–Crippen MR) is 154 cm³/mol. The molecule has 43 heavy (non-hydrogen) atoms. The molecule has 0 saturated carbocycles. The molecule has 0 spiro atoms. The molecule has 7 nitrogen and oxygen atoms in total. The highest BCUT2D eigenvalue weighted by atomic mass is 19.4.